The summed E-state index contributed by atoms with van der Waals surface area (Å²) < 4.78 is 1.93. The summed E-state index contributed by atoms with van der Waals surface area (Å²) in [6.07, 6.45) is 4.47. The number of benzene rings is 1. The van der Waals surface area contributed by atoms with Crippen molar-refractivity contribution in [2.24, 2.45) is 0 Å². The minimum Gasteiger partial charge on any atom is -0.322 e. The van der Waals surface area contributed by atoms with E-state index in [0.29, 0.717) is 0 Å². The van der Waals surface area contributed by atoms with E-state index >= 15 is 0 Å². The number of hydrogen-bond acceptors (Lipinski definition) is 4. The molecule has 7 nitrogen and oxygen atoms in total. The zero-order chi connectivity index (χ0) is 21.5. The number of aromatic nitrogens is 5. The van der Waals surface area contributed by atoms with Crippen molar-refractivity contribution >= 4 is 10.9 Å². The highest BCUT2D eigenvalue weighted by Gasteiger charge is 2.37. The van der Waals surface area contributed by atoms with Crippen molar-refractivity contribution in [3.8, 4) is 0 Å². The highest BCUT2D eigenvalue weighted by molar-refractivity contribution is 5.80. The third-order valence-corrected chi connectivity index (χ3v) is 6.89. The molecule has 0 saturated carbocycles. The molecule has 0 amide bonds. The normalized spacial score (nSPS) is 16.8. The molecule has 1 aromatic carbocycles. The van der Waals surface area contributed by atoms with Crippen LogP contribution in [0.25, 0.3) is 10.9 Å². The van der Waals surface area contributed by atoms with Crippen LogP contribution < -0.4 is 10.5 Å². The molecule has 1 atom stereocenters. The number of pyridine rings is 1. The molecule has 0 spiro atoms. The molecule has 7 heteroatoms. The molecule has 0 aliphatic carbocycles. The number of aryl methyl sites for hydroxylation is 2. The lowest BCUT2D eigenvalue weighted by molar-refractivity contribution is -0.931. The summed E-state index contributed by atoms with van der Waals surface area (Å²) in [4.78, 5) is 17.8. The number of piperidine rings is 1. The Labute approximate surface area is 177 Å². The summed E-state index contributed by atoms with van der Waals surface area (Å²) in [6, 6.07) is 6.10. The number of nitrogens with zero attached hydrogens (tertiary/aromatic N) is 4. The van der Waals surface area contributed by atoms with Crippen LogP contribution in [0.5, 0.6) is 0 Å². The summed E-state index contributed by atoms with van der Waals surface area (Å²) in [6.45, 7) is 12.7. The van der Waals surface area contributed by atoms with Crippen LogP contribution in [0.2, 0.25) is 0 Å². The van der Waals surface area contributed by atoms with E-state index < -0.39 is 0 Å². The van der Waals surface area contributed by atoms with E-state index in [1.807, 2.05) is 4.68 Å². The lowest BCUT2D eigenvalue weighted by Crippen LogP contribution is -3.13. The van der Waals surface area contributed by atoms with Gasteiger partial charge in [0.15, 0.2) is 6.04 Å². The second-order valence-electron chi connectivity index (χ2n) is 9.34. The Morgan fingerprint density at radius 3 is 2.53 bits per heavy atom. The van der Waals surface area contributed by atoms with Crippen molar-refractivity contribution in [1.29, 1.82) is 0 Å². The van der Waals surface area contributed by atoms with Crippen molar-refractivity contribution < 1.29 is 4.90 Å². The van der Waals surface area contributed by atoms with Crippen LogP contribution in [0.1, 0.15) is 75.0 Å². The highest BCUT2D eigenvalue weighted by atomic mass is 16.1. The van der Waals surface area contributed by atoms with E-state index in [9.17, 15) is 4.79 Å². The Morgan fingerprint density at radius 1 is 1.13 bits per heavy atom. The molecule has 0 unspecified atom stereocenters. The fourth-order valence-corrected chi connectivity index (χ4v) is 4.50. The topological polar surface area (TPSA) is 80.9 Å². The van der Waals surface area contributed by atoms with Crippen LogP contribution in [0.3, 0.4) is 0 Å². The number of quaternary nitrogens is 1. The fourth-order valence-electron chi connectivity index (χ4n) is 4.50. The predicted molar refractivity (Wildman–Crippen MR) is 118 cm³/mol. The molecular formula is C23H33N6O+. The summed E-state index contributed by atoms with van der Waals surface area (Å²) >= 11 is 0. The second-order valence-corrected chi connectivity index (χ2v) is 9.34. The lowest BCUT2D eigenvalue weighted by Gasteiger charge is -2.33. The molecule has 2 aromatic heterocycles. The first-order chi connectivity index (χ1) is 14.3. The van der Waals surface area contributed by atoms with Gasteiger partial charge in [0.05, 0.1) is 24.2 Å². The Balaban J connectivity index is 1.92. The minimum atomic E-state index is -0.219. The summed E-state index contributed by atoms with van der Waals surface area (Å²) in [7, 11) is 0. The first-order valence-electron chi connectivity index (χ1n) is 11.1. The van der Waals surface area contributed by atoms with Crippen molar-refractivity contribution in [3.05, 3.63) is 51.1 Å². The lowest BCUT2D eigenvalue weighted by atomic mass is 9.97. The molecule has 1 aliphatic rings. The van der Waals surface area contributed by atoms with Gasteiger partial charge in [-0.15, -0.1) is 5.10 Å². The SMILES string of the molecule is CCC(C)(C)n1nnnc1[C@H](c1cc2cc(C)c(C)cc2[nH]c1=O)[NH+]1CCCCC1. The Morgan fingerprint density at radius 2 is 1.83 bits per heavy atom. The maximum absolute atomic E-state index is 13.3. The molecule has 3 aromatic rings. The van der Waals surface area contributed by atoms with Gasteiger partial charge in [-0.2, -0.15) is 0 Å². The highest BCUT2D eigenvalue weighted by Crippen LogP contribution is 2.26. The van der Waals surface area contributed by atoms with E-state index in [0.717, 1.165) is 54.6 Å². The number of hydrogen-bond donors (Lipinski definition) is 2. The van der Waals surface area contributed by atoms with E-state index in [4.69, 9.17) is 0 Å². The van der Waals surface area contributed by atoms with Gasteiger partial charge < -0.3 is 9.88 Å². The molecule has 30 heavy (non-hydrogen) atoms. The number of rotatable bonds is 5. The molecule has 4 rings (SSSR count). The molecular weight excluding hydrogens is 376 g/mol. The van der Waals surface area contributed by atoms with Crippen LogP contribution in [0.15, 0.2) is 23.0 Å². The minimum absolute atomic E-state index is 0.0438. The Kier molecular flexibility index (Phi) is 5.49. The average molecular weight is 410 g/mol. The van der Waals surface area contributed by atoms with Crippen molar-refractivity contribution in [2.75, 3.05) is 13.1 Å². The smallest absolute Gasteiger partial charge is 0.258 e. The van der Waals surface area contributed by atoms with Gasteiger partial charge >= 0.3 is 0 Å². The predicted octanol–water partition coefficient (Wildman–Crippen LogP) is 2.43. The molecule has 1 fully saturated rings. The maximum Gasteiger partial charge on any atom is 0.258 e. The van der Waals surface area contributed by atoms with Crippen molar-refractivity contribution in [3.63, 3.8) is 0 Å². The molecule has 1 saturated heterocycles. The van der Waals surface area contributed by atoms with Crippen LogP contribution in [0.4, 0.5) is 0 Å². The maximum atomic E-state index is 13.3. The quantitative estimate of drug-likeness (QED) is 0.678. The van der Waals surface area contributed by atoms with E-state index in [1.54, 1.807) is 0 Å². The zero-order valence-electron chi connectivity index (χ0n) is 18.7. The van der Waals surface area contributed by atoms with Gasteiger partial charge in [-0.3, -0.25) is 4.79 Å². The fraction of sp³-hybridized carbons (Fsp3) is 0.565. The van der Waals surface area contributed by atoms with E-state index in [2.05, 4.69) is 73.3 Å². The first-order valence-corrected chi connectivity index (χ1v) is 11.1. The average Bonchev–Trinajstić information content (AvgIpc) is 3.21. The summed E-state index contributed by atoms with van der Waals surface area (Å²) in [5.74, 6) is 0.785. The standard InChI is InChI=1S/C23H32N6O/c1-6-23(4,5)29-21(25-26-27-29)20(28-10-8-7-9-11-28)18-14-17-12-15(2)16(3)13-19(17)24-22(18)30/h12-14,20H,6-11H2,1-5H3,(H,24,30)/p+1/t20-/m0/s1. The van der Waals surface area contributed by atoms with E-state index in [-0.39, 0.29) is 17.1 Å². The largest absolute Gasteiger partial charge is 0.322 e. The van der Waals surface area contributed by atoms with Crippen molar-refractivity contribution in [2.45, 2.75) is 71.9 Å². The van der Waals surface area contributed by atoms with Gasteiger partial charge in [-0.1, -0.05) is 6.92 Å². The number of nitrogens with one attached hydrogen (secondary N) is 2. The first kappa shape index (κ1) is 20.7. The number of fused-ring (bicyclic) bond motifs is 1. The van der Waals surface area contributed by atoms with Crippen LogP contribution >= 0.6 is 0 Å². The van der Waals surface area contributed by atoms with E-state index in [1.165, 1.54) is 22.4 Å². The van der Waals surface area contributed by atoms with Gasteiger partial charge in [0.1, 0.15) is 0 Å². The second kappa shape index (κ2) is 7.95. The molecule has 160 valence electrons. The number of tetrazole rings is 1. The van der Waals surface area contributed by atoms with Gasteiger partial charge in [0.25, 0.3) is 5.56 Å². The molecule has 3 heterocycles. The summed E-state index contributed by atoms with van der Waals surface area (Å²) in [5.41, 5.74) is 3.77. The third kappa shape index (κ3) is 3.67. The Bertz CT molecular complexity index is 1110. The number of likely N-dealkylation sites (tertiary alicyclic amines) is 1. The van der Waals surface area contributed by atoms with Crippen LogP contribution in [-0.4, -0.2) is 38.3 Å². The third-order valence-electron chi connectivity index (χ3n) is 6.89. The van der Waals surface area contributed by atoms with Gasteiger partial charge in [-0.25, -0.2) is 4.68 Å². The van der Waals surface area contributed by atoms with Crippen molar-refractivity contribution in [1.82, 2.24) is 25.2 Å². The zero-order valence-corrected chi connectivity index (χ0v) is 18.7. The molecule has 0 radical (unpaired) electrons. The monoisotopic (exact) mass is 409 g/mol. The molecule has 2 N–H and O–H groups in total. The van der Waals surface area contributed by atoms with Gasteiger partial charge in [0, 0.05) is 5.52 Å². The molecule has 1 aliphatic heterocycles. The van der Waals surface area contributed by atoms with Crippen LogP contribution in [-0.2, 0) is 5.54 Å². The number of aromatic amines is 1. The van der Waals surface area contributed by atoms with Gasteiger partial charge in [0.2, 0.25) is 5.82 Å². The Hall–Kier alpha value is -2.54. The summed E-state index contributed by atoms with van der Waals surface area (Å²) in [5, 5.41) is 13.9. The molecule has 0 bridgehead atoms. The number of H-pyrrole nitrogens is 1. The van der Waals surface area contributed by atoms with Gasteiger partial charge in [-0.05, 0) is 98.5 Å². The van der Waals surface area contributed by atoms with Crippen LogP contribution in [0, 0.1) is 13.8 Å².